The van der Waals surface area contributed by atoms with Gasteiger partial charge in [-0.2, -0.15) is 13.2 Å². The zero-order chi connectivity index (χ0) is 34.3. The Kier molecular flexibility index (Phi) is 11.6. The van der Waals surface area contributed by atoms with E-state index in [0.29, 0.717) is 11.3 Å². The number of fused-ring (bicyclic) bond motifs is 2. The number of alkyl halides is 3. The van der Waals surface area contributed by atoms with E-state index in [-0.39, 0.29) is 41.1 Å². The van der Waals surface area contributed by atoms with Gasteiger partial charge in [0.15, 0.2) is 0 Å². The number of halogens is 4. The molecule has 0 aromatic heterocycles. The quantitative estimate of drug-likeness (QED) is 0.226. The highest BCUT2D eigenvalue weighted by Gasteiger charge is 2.37. The van der Waals surface area contributed by atoms with Gasteiger partial charge in [-0.15, -0.1) is 0 Å². The van der Waals surface area contributed by atoms with Gasteiger partial charge in [0.05, 0.1) is 25.8 Å². The molecule has 0 aliphatic heterocycles. The summed E-state index contributed by atoms with van der Waals surface area (Å²) in [5.74, 6) is -2.25. The van der Waals surface area contributed by atoms with Crippen molar-refractivity contribution in [2.45, 2.75) is 6.18 Å². The second-order valence-corrected chi connectivity index (χ2v) is 10.6. The summed E-state index contributed by atoms with van der Waals surface area (Å²) in [6.45, 7) is -0.652. The van der Waals surface area contributed by atoms with Crippen LogP contribution in [0.4, 0.5) is 13.2 Å². The normalized spacial score (nSPS) is 10.9. The molecule has 46 heavy (non-hydrogen) atoms. The van der Waals surface area contributed by atoms with Crippen LogP contribution < -0.4 is 9.47 Å². The fraction of sp³-hybridized carbons (Fsp3) is 0.250. The smallest absolute Gasteiger partial charge is 0.420 e. The Morgan fingerprint density at radius 1 is 0.717 bits per heavy atom. The van der Waals surface area contributed by atoms with Gasteiger partial charge >= 0.3 is 18.1 Å². The molecule has 10 nitrogen and oxygen atoms in total. The van der Waals surface area contributed by atoms with Gasteiger partial charge in [-0.3, -0.25) is 19.2 Å². The van der Waals surface area contributed by atoms with E-state index in [4.69, 9.17) is 14.6 Å². The third-order valence-corrected chi connectivity index (χ3v) is 7.65. The van der Waals surface area contributed by atoms with Crippen molar-refractivity contribution in [1.29, 1.82) is 0 Å². The number of nitrogens with zero attached hydrogens (tertiary/aromatic N) is 2. The maximum Gasteiger partial charge on any atom is 0.420 e. The highest BCUT2D eigenvalue weighted by atomic mass is 79.9. The van der Waals surface area contributed by atoms with Crippen LogP contribution in [-0.4, -0.2) is 87.2 Å². The largest absolute Gasteiger partial charge is 0.496 e. The molecule has 0 spiro atoms. The minimum Gasteiger partial charge on any atom is -0.496 e. The molecule has 0 saturated heterocycles. The summed E-state index contributed by atoms with van der Waals surface area (Å²) < 4.78 is 55.6. The van der Waals surface area contributed by atoms with E-state index in [1.54, 1.807) is 31.4 Å². The molecule has 0 radical (unpaired) electrons. The highest BCUT2D eigenvalue weighted by Crippen LogP contribution is 2.42. The summed E-state index contributed by atoms with van der Waals surface area (Å²) >= 11 is 3.46. The first-order valence-electron chi connectivity index (χ1n) is 13.4. The summed E-state index contributed by atoms with van der Waals surface area (Å²) in [5, 5.41) is 10.3. The number of benzene rings is 4. The molecule has 0 unspecified atom stereocenters. The molecule has 4 aromatic rings. The minimum atomic E-state index is -4.65. The van der Waals surface area contributed by atoms with E-state index >= 15 is 0 Å². The average Bonchev–Trinajstić information content (AvgIpc) is 3.02. The SMILES string of the molecule is COC(=O)CN(C)C(=O)c1cccc2c(C(F)(F)F)c(OC)ccc12.COc1ccc2c(C(=O)N(C)CC(=O)O)cccc2c1Br. The van der Waals surface area contributed by atoms with Gasteiger partial charge in [-0.25, -0.2) is 0 Å². The number of carboxylic acids is 1. The number of aliphatic carboxylic acids is 1. The van der Waals surface area contributed by atoms with Gasteiger partial charge in [0.1, 0.15) is 30.2 Å². The molecule has 0 atom stereocenters. The van der Waals surface area contributed by atoms with Crippen molar-refractivity contribution in [3.63, 3.8) is 0 Å². The first kappa shape index (κ1) is 35.6. The number of esters is 1. The van der Waals surface area contributed by atoms with Gasteiger partial charge in [0.25, 0.3) is 11.8 Å². The van der Waals surface area contributed by atoms with Crippen LogP contribution in [0.15, 0.2) is 65.1 Å². The molecule has 1 N–H and O–H groups in total. The molecule has 0 heterocycles. The number of amides is 2. The Morgan fingerprint density at radius 3 is 1.67 bits per heavy atom. The molecular weight excluding hydrogens is 677 g/mol. The first-order chi connectivity index (χ1) is 21.7. The fourth-order valence-corrected chi connectivity index (χ4v) is 5.29. The first-order valence-corrected chi connectivity index (χ1v) is 14.2. The second kappa shape index (κ2) is 15.0. The number of hydrogen-bond acceptors (Lipinski definition) is 7. The maximum atomic E-state index is 13.4. The number of carbonyl (C=O) groups is 4. The Labute approximate surface area is 270 Å². The van der Waals surface area contributed by atoms with Crippen molar-refractivity contribution in [1.82, 2.24) is 9.80 Å². The summed E-state index contributed by atoms with van der Waals surface area (Å²) in [6.07, 6.45) is -4.65. The third-order valence-electron chi connectivity index (χ3n) is 6.83. The average molecular weight is 707 g/mol. The van der Waals surface area contributed by atoms with E-state index in [0.717, 1.165) is 27.3 Å². The number of ether oxygens (including phenoxy) is 3. The molecule has 0 bridgehead atoms. The van der Waals surface area contributed by atoms with Crippen LogP contribution in [-0.2, 0) is 20.5 Å². The Balaban J connectivity index is 0.000000254. The van der Waals surface area contributed by atoms with E-state index < -0.39 is 29.6 Å². The molecule has 244 valence electrons. The van der Waals surface area contributed by atoms with Gasteiger partial charge < -0.3 is 29.1 Å². The Hall–Kier alpha value is -4.85. The predicted molar refractivity (Wildman–Crippen MR) is 167 cm³/mol. The molecule has 0 saturated carbocycles. The van der Waals surface area contributed by atoms with Gasteiger partial charge in [-0.05, 0) is 68.5 Å². The number of carbonyl (C=O) groups excluding carboxylic acids is 3. The van der Waals surface area contributed by atoms with Crippen LogP contribution in [0.3, 0.4) is 0 Å². The molecule has 0 aliphatic rings. The number of methoxy groups -OCH3 is 3. The van der Waals surface area contributed by atoms with Gasteiger partial charge in [0.2, 0.25) is 0 Å². The molecule has 4 aromatic carbocycles. The monoisotopic (exact) mass is 706 g/mol. The second-order valence-electron chi connectivity index (χ2n) is 9.82. The minimum absolute atomic E-state index is 0.0528. The van der Waals surface area contributed by atoms with Crippen molar-refractivity contribution < 1.29 is 51.7 Å². The zero-order valence-corrected chi connectivity index (χ0v) is 27.0. The van der Waals surface area contributed by atoms with E-state index in [1.165, 1.54) is 56.4 Å². The van der Waals surface area contributed by atoms with Crippen molar-refractivity contribution in [3.8, 4) is 11.5 Å². The lowest BCUT2D eigenvalue weighted by molar-refractivity contribution is -0.141. The lowest BCUT2D eigenvalue weighted by atomic mass is 9.98. The summed E-state index contributed by atoms with van der Waals surface area (Å²) in [5.41, 5.74) is -0.436. The summed E-state index contributed by atoms with van der Waals surface area (Å²) in [6, 6.07) is 15.5. The molecule has 0 aliphatic carbocycles. The van der Waals surface area contributed by atoms with Crippen molar-refractivity contribution >= 4 is 61.2 Å². The van der Waals surface area contributed by atoms with Crippen LogP contribution in [0, 0.1) is 0 Å². The molecule has 2 amide bonds. The lowest BCUT2D eigenvalue weighted by Crippen LogP contribution is -2.32. The molecule has 0 fully saturated rings. The van der Waals surface area contributed by atoms with Crippen molar-refractivity contribution in [2.75, 3.05) is 48.5 Å². The summed E-state index contributed by atoms with van der Waals surface area (Å²) in [4.78, 5) is 49.2. The van der Waals surface area contributed by atoms with Crippen molar-refractivity contribution in [3.05, 3.63) is 81.8 Å². The van der Waals surface area contributed by atoms with E-state index in [1.807, 2.05) is 6.07 Å². The van der Waals surface area contributed by atoms with Crippen molar-refractivity contribution in [2.24, 2.45) is 0 Å². The maximum absolute atomic E-state index is 13.4. The number of carboxylic acid groups (broad SMARTS) is 1. The Bertz CT molecular complexity index is 1800. The van der Waals surface area contributed by atoms with Crippen LogP contribution >= 0.6 is 15.9 Å². The van der Waals surface area contributed by atoms with Crippen LogP contribution in [0.25, 0.3) is 21.5 Å². The molecule has 4 rings (SSSR count). The number of hydrogen-bond donors (Lipinski definition) is 1. The number of rotatable bonds is 8. The van der Waals surface area contributed by atoms with E-state index in [2.05, 4.69) is 20.7 Å². The topological polar surface area (TPSA) is 123 Å². The van der Waals surface area contributed by atoms with Crippen LogP contribution in [0.1, 0.15) is 26.3 Å². The Morgan fingerprint density at radius 2 is 1.20 bits per heavy atom. The van der Waals surface area contributed by atoms with E-state index in [9.17, 15) is 32.3 Å². The summed E-state index contributed by atoms with van der Waals surface area (Å²) in [7, 11) is 6.73. The van der Waals surface area contributed by atoms with Crippen LogP contribution in [0.5, 0.6) is 11.5 Å². The fourth-order valence-electron chi connectivity index (χ4n) is 4.65. The number of likely N-dealkylation sites (N-methyl/N-ethyl adjacent to an activating group) is 2. The van der Waals surface area contributed by atoms with Crippen LogP contribution in [0.2, 0.25) is 0 Å². The predicted octanol–water partition coefficient (Wildman–Crippen LogP) is 5.88. The van der Waals surface area contributed by atoms with Gasteiger partial charge in [-0.1, -0.05) is 24.3 Å². The highest BCUT2D eigenvalue weighted by molar-refractivity contribution is 9.10. The third kappa shape index (κ3) is 7.86. The van der Waals surface area contributed by atoms with Gasteiger partial charge in [0, 0.05) is 30.6 Å². The standard InChI is InChI=1S/C17H16F3NO4.C15H14BrNO4/c1-21(9-14(22)25-3)16(23)12-6-4-5-11-10(12)7-8-13(24-2)15(11)17(18,19)20;1-17(8-13(18)19)15(20)11-5-3-4-10-9(11)6-7-12(21-2)14(10)16/h4-8H,9H2,1-3H3;3-7H,8H2,1-2H3,(H,18,19). The molecule has 14 heteroatoms. The molecular formula is C32H30BrF3N2O8. The lowest BCUT2D eigenvalue weighted by Gasteiger charge is -2.19. The zero-order valence-electron chi connectivity index (χ0n) is 25.4.